The molecule has 0 aromatic heterocycles. The molecular formula is C18H19F11O. The van der Waals surface area contributed by atoms with Crippen molar-refractivity contribution in [2.45, 2.75) is 75.0 Å². The van der Waals surface area contributed by atoms with E-state index in [-0.39, 0.29) is 11.1 Å². The summed E-state index contributed by atoms with van der Waals surface area (Å²) < 4.78 is 145. The molecule has 0 saturated heterocycles. The van der Waals surface area contributed by atoms with Crippen molar-refractivity contribution < 1.29 is 53.4 Å². The van der Waals surface area contributed by atoms with Crippen molar-refractivity contribution in [1.82, 2.24) is 0 Å². The smallest absolute Gasteiger partial charge is 0.385 e. The molecule has 30 heavy (non-hydrogen) atoms. The molecule has 1 rings (SSSR count). The van der Waals surface area contributed by atoms with Gasteiger partial charge in [0.2, 0.25) is 0 Å². The third-order valence-corrected chi connectivity index (χ3v) is 4.85. The van der Waals surface area contributed by atoms with Crippen LogP contribution in [0.2, 0.25) is 0 Å². The lowest BCUT2D eigenvalue weighted by Gasteiger charge is -2.40. The Bertz CT molecular complexity index is 738. The number of halogens is 11. The minimum Gasteiger partial charge on any atom is -0.385 e. The van der Waals surface area contributed by atoms with Gasteiger partial charge in [0.15, 0.2) is 0 Å². The van der Waals surface area contributed by atoms with Crippen molar-refractivity contribution in [2.24, 2.45) is 0 Å². The fourth-order valence-corrected chi connectivity index (χ4v) is 2.88. The second kappa shape index (κ2) is 7.83. The van der Waals surface area contributed by atoms with Gasteiger partial charge in [-0.05, 0) is 30.4 Å². The van der Waals surface area contributed by atoms with E-state index < -0.39 is 47.8 Å². The molecule has 1 aromatic carbocycles. The van der Waals surface area contributed by atoms with Crippen LogP contribution in [0.15, 0.2) is 24.3 Å². The first-order chi connectivity index (χ1) is 13.2. The van der Waals surface area contributed by atoms with Crippen molar-refractivity contribution in [3.63, 3.8) is 0 Å². The lowest BCUT2D eigenvalue weighted by molar-refractivity contribution is -0.424. The zero-order valence-electron chi connectivity index (χ0n) is 15.9. The molecule has 0 aliphatic carbocycles. The predicted octanol–water partition coefficient (Wildman–Crippen LogP) is 6.90. The SMILES string of the molecule is CCC(C)c1ccccc1C(C)(O)CC(F)(F)C(F)(F)C(F)(F)C(F)(F)C(F)(F)F. The van der Waals surface area contributed by atoms with Crippen LogP contribution in [0, 0.1) is 0 Å². The van der Waals surface area contributed by atoms with Crippen LogP contribution in [-0.2, 0) is 5.60 Å². The van der Waals surface area contributed by atoms with E-state index >= 15 is 0 Å². The van der Waals surface area contributed by atoms with Crippen LogP contribution in [0.1, 0.15) is 50.7 Å². The highest BCUT2D eigenvalue weighted by Gasteiger charge is 2.87. The fraction of sp³-hybridized carbons (Fsp3) is 0.667. The van der Waals surface area contributed by atoms with Crippen LogP contribution < -0.4 is 0 Å². The quantitative estimate of drug-likeness (QED) is 0.419. The first kappa shape index (κ1) is 26.4. The van der Waals surface area contributed by atoms with Crippen LogP contribution in [0.5, 0.6) is 0 Å². The first-order valence-electron chi connectivity index (χ1n) is 8.57. The van der Waals surface area contributed by atoms with Crippen LogP contribution in [0.3, 0.4) is 0 Å². The summed E-state index contributed by atoms with van der Waals surface area (Å²) in [6, 6.07) is 5.03. The first-order valence-corrected chi connectivity index (χ1v) is 8.57. The maximum absolute atomic E-state index is 14.1. The van der Waals surface area contributed by atoms with E-state index in [2.05, 4.69) is 0 Å². The van der Waals surface area contributed by atoms with E-state index in [1.165, 1.54) is 18.2 Å². The summed E-state index contributed by atoms with van der Waals surface area (Å²) in [5.41, 5.74) is -3.14. The normalized spacial score (nSPS) is 17.6. The third kappa shape index (κ3) is 4.24. The highest BCUT2D eigenvalue weighted by Crippen LogP contribution is 2.59. The van der Waals surface area contributed by atoms with E-state index in [4.69, 9.17) is 0 Å². The second-order valence-corrected chi connectivity index (χ2v) is 7.27. The predicted molar refractivity (Wildman–Crippen MR) is 85.2 cm³/mol. The highest BCUT2D eigenvalue weighted by molar-refractivity contribution is 5.35. The molecule has 1 aromatic rings. The Hall–Kier alpha value is -1.59. The highest BCUT2D eigenvalue weighted by atomic mass is 19.4. The summed E-state index contributed by atoms with van der Waals surface area (Å²) in [5, 5.41) is 10.4. The Morgan fingerprint density at radius 3 is 1.70 bits per heavy atom. The minimum atomic E-state index is -7.49. The van der Waals surface area contributed by atoms with Gasteiger partial charge in [0, 0.05) is 0 Å². The zero-order chi connectivity index (χ0) is 24.0. The number of hydrogen-bond donors (Lipinski definition) is 1. The summed E-state index contributed by atoms with van der Waals surface area (Å²) in [4.78, 5) is 0. The van der Waals surface area contributed by atoms with E-state index in [1.54, 1.807) is 13.8 Å². The molecule has 0 bridgehead atoms. The Morgan fingerprint density at radius 1 is 0.800 bits per heavy atom. The lowest BCUT2D eigenvalue weighted by atomic mass is 9.80. The number of alkyl halides is 11. The number of aliphatic hydroxyl groups is 1. The zero-order valence-corrected chi connectivity index (χ0v) is 15.9. The standard InChI is InChI=1S/C18H19F11O/c1-4-10(2)11-7-5-6-8-12(11)13(3,30)9-14(19,20)15(21,22)16(23,24)17(25,26)18(27,28)29/h5-8,10,30H,4,9H2,1-3H3. The van der Waals surface area contributed by atoms with Gasteiger partial charge in [-0.2, -0.15) is 48.3 Å². The van der Waals surface area contributed by atoms with Crippen LogP contribution in [0.4, 0.5) is 48.3 Å². The minimum absolute atomic E-state index is 0.191. The molecule has 0 fully saturated rings. The van der Waals surface area contributed by atoms with E-state index in [0.29, 0.717) is 13.3 Å². The van der Waals surface area contributed by atoms with Crippen LogP contribution in [0.25, 0.3) is 0 Å². The van der Waals surface area contributed by atoms with Gasteiger partial charge >= 0.3 is 29.9 Å². The van der Waals surface area contributed by atoms with Gasteiger partial charge < -0.3 is 5.11 Å². The largest absolute Gasteiger partial charge is 0.460 e. The van der Waals surface area contributed by atoms with Gasteiger partial charge in [-0.25, -0.2) is 0 Å². The maximum atomic E-state index is 14.1. The van der Waals surface area contributed by atoms with Crippen LogP contribution in [-0.4, -0.2) is 35.0 Å². The molecule has 12 heteroatoms. The molecule has 2 atom stereocenters. The van der Waals surface area contributed by atoms with Gasteiger partial charge in [0.25, 0.3) is 0 Å². The van der Waals surface area contributed by atoms with Gasteiger partial charge in [-0.3, -0.25) is 0 Å². The number of hydrogen-bond acceptors (Lipinski definition) is 1. The van der Waals surface area contributed by atoms with E-state index in [9.17, 15) is 53.4 Å². The van der Waals surface area contributed by atoms with E-state index in [1.807, 2.05) is 0 Å². The molecule has 1 nitrogen and oxygen atoms in total. The van der Waals surface area contributed by atoms with Crippen molar-refractivity contribution >= 4 is 0 Å². The molecule has 0 heterocycles. The summed E-state index contributed by atoms with van der Waals surface area (Å²) in [6.45, 7) is 3.80. The second-order valence-electron chi connectivity index (χ2n) is 7.27. The van der Waals surface area contributed by atoms with Gasteiger partial charge in [0.1, 0.15) is 0 Å². The molecule has 174 valence electrons. The molecule has 0 radical (unpaired) electrons. The topological polar surface area (TPSA) is 20.2 Å². The third-order valence-electron chi connectivity index (χ3n) is 4.85. The van der Waals surface area contributed by atoms with Gasteiger partial charge in [-0.15, -0.1) is 0 Å². The van der Waals surface area contributed by atoms with Gasteiger partial charge in [0.05, 0.1) is 12.0 Å². The average Bonchev–Trinajstić information content (AvgIpc) is 2.58. The molecule has 2 unspecified atom stereocenters. The Balaban J connectivity index is 3.45. The van der Waals surface area contributed by atoms with Crippen molar-refractivity contribution in [3.8, 4) is 0 Å². The summed E-state index contributed by atoms with van der Waals surface area (Å²) >= 11 is 0. The Kier molecular flexibility index (Phi) is 6.90. The van der Waals surface area contributed by atoms with E-state index in [0.717, 1.165) is 6.07 Å². The van der Waals surface area contributed by atoms with Crippen molar-refractivity contribution in [3.05, 3.63) is 35.4 Å². The Morgan fingerprint density at radius 2 is 1.27 bits per heavy atom. The number of benzene rings is 1. The lowest BCUT2D eigenvalue weighted by Crippen LogP contribution is -2.67. The summed E-state index contributed by atoms with van der Waals surface area (Å²) in [7, 11) is 0. The maximum Gasteiger partial charge on any atom is 0.460 e. The molecular weight excluding hydrogens is 441 g/mol. The van der Waals surface area contributed by atoms with Crippen molar-refractivity contribution in [1.29, 1.82) is 0 Å². The molecule has 0 saturated carbocycles. The summed E-state index contributed by atoms with van der Waals surface area (Å²) in [5.74, 6) is -28.6. The Labute approximate surface area is 164 Å². The number of rotatable bonds is 8. The summed E-state index contributed by atoms with van der Waals surface area (Å²) in [6.07, 6.45) is -9.36. The van der Waals surface area contributed by atoms with Crippen molar-refractivity contribution in [2.75, 3.05) is 0 Å². The van der Waals surface area contributed by atoms with Crippen LogP contribution >= 0.6 is 0 Å². The molecule has 0 amide bonds. The monoisotopic (exact) mass is 460 g/mol. The molecule has 0 aliphatic rings. The fourth-order valence-electron chi connectivity index (χ4n) is 2.88. The molecule has 1 N–H and O–H groups in total. The van der Waals surface area contributed by atoms with Gasteiger partial charge in [-0.1, -0.05) is 38.1 Å². The average molecular weight is 460 g/mol. The molecule has 0 aliphatic heterocycles. The molecule has 0 spiro atoms.